The molecule has 0 bridgehead atoms. The predicted molar refractivity (Wildman–Crippen MR) is 153 cm³/mol. The summed E-state index contributed by atoms with van der Waals surface area (Å²) in [5, 5.41) is 14.8. The third-order valence-electron chi connectivity index (χ3n) is 6.15. The Morgan fingerprint density at radius 2 is 1.95 bits per heavy atom. The van der Waals surface area contributed by atoms with Gasteiger partial charge in [0.25, 0.3) is 0 Å². The summed E-state index contributed by atoms with van der Waals surface area (Å²) in [6, 6.07) is 10.9. The highest BCUT2D eigenvalue weighted by molar-refractivity contribution is 7.90. The van der Waals surface area contributed by atoms with Gasteiger partial charge >= 0.3 is 12.1 Å². The van der Waals surface area contributed by atoms with Gasteiger partial charge in [-0.05, 0) is 42.7 Å². The molecular weight excluding hydrogens is 573 g/mol. The molecule has 0 aliphatic heterocycles. The number of amides is 3. The number of hydrogen-bond acceptors (Lipinski definition) is 8. The van der Waals surface area contributed by atoms with E-state index < -0.39 is 21.7 Å². The van der Waals surface area contributed by atoms with Crippen molar-refractivity contribution >= 4 is 49.2 Å². The van der Waals surface area contributed by atoms with Crippen molar-refractivity contribution in [1.29, 1.82) is 0 Å². The van der Waals surface area contributed by atoms with Crippen LogP contribution in [-0.4, -0.2) is 65.1 Å². The number of benzene rings is 1. The van der Waals surface area contributed by atoms with Crippen LogP contribution in [0.4, 0.5) is 19.7 Å². The lowest BCUT2D eigenvalue weighted by Crippen LogP contribution is -2.33. The Morgan fingerprint density at radius 1 is 1.15 bits per heavy atom. The maximum atomic E-state index is 14.8. The minimum Gasteiger partial charge on any atom is -0.465 e. The second kappa shape index (κ2) is 11.7. The number of halogens is 1. The highest BCUT2D eigenvalue weighted by atomic mass is 32.2. The molecule has 41 heavy (non-hydrogen) atoms. The van der Waals surface area contributed by atoms with E-state index in [0.717, 1.165) is 28.9 Å². The molecule has 3 N–H and O–H groups in total. The molecule has 0 unspecified atom stereocenters. The van der Waals surface area contributed by atoms with Gasteiger partial charge in [-0.25, -0.2) is 22.4 Å². The summed E-state index contributed by atoms with van der Waals surface area (Å²) in [5.74, 6) is -0.522. The highest BCUT2D eigenvalue weighted by Crippen LogP contribution is 2.39. The molecule has 0 saturated heterocycles. The van der Waals surface area contributed by atoms with Crippen molar-refractivity contribution < 1.29 is 32.2 Å². The molecule has 1 aliphatic carbocycles. The second-order valence-electron chi connectivity index (χ2n) is 9.64. The van der Waals surface area contributed by atoms with Crippen molar-refractivity contribution in [2.75, 3.05) is 23.9 Å². The van der Waals surface area contributed by atoms with Crippen molar-refractivity contribution in [1.82, 2.24) is 20.2 Å². The molecular formula is C27H26FN5O6S2. The molecule has 3 heterocycles. The van der Waals surface area contributed by atoms with Gasteiger partial charge in [-0.2, -0.15) is 0 Å². The molecule has 3 amide bonds. The minimum atomic E-state index is -3.31. The Kier molecular flexibility index (Phi) is 8.03. The average molecular weight is 600 g/mol. The number of thiophene rings is 1. The van der Waals surface area contributed by atoms with Crippen LogP contribution in [0, 0.1) is 5.82 Å². The van der Waals surface area contributed by atoms with Crippen LogP contribution in [0.1, 0.15) is 18.4 Å². The number of nitrogens with one attached hydrogen (secondary N) is 2. The van der Waals surface area contributed by atoms with Crippen molar-refractivity contribution in [2.45, 2.75) is 25.4 Å². The topological polar surface area (TPSA) is 151 Å². The predicted octanol–water partition coefficient (Wildman–Crippen LogP) is 5.10. The lowest BCUT2D eigenvalue weighted by Gasteiger charge is -2.18. The molecule has 1 fully saturated rings. The number of fused-ring (bicyclic) bond motifs is 1. The third-order valence-corrected chi connectivity index (χ3v) is 8.24. The SMILES string of the molecule is CS(=O)(=O)CCN(Cc1ccc(-c2cc3nccc(Oc4ccc(NC(=O)NC5CC5)cc4F)c3s2)nc1)C(=O)O. The van der Waals surface area contributed by atoms with Gasteiger partial charge in [0, 0.05) is 49.1 Å². The third kappa shape index (κ3) is 7.46. The number of urea groups is 1. The van der Waals surface area contributed by atoms with Crippen LogP contribution >= 0.6 is 11.3 Å². The zero-order valence-corrected chi connectivity index (χ0v) is 23.5. The molecule has 0 spiro atoms. The number of rotatable bonds is 10. The first kappa shape index (κ1) is 28.2. The van der Waals surface area contributed by atoms with Crippen molar-refractivity contribution in [2.24, 2.45) is 0 Å². The standard InChI is InChI=1S/C27H26FN5O6S2/c1-41(37,38)11-10-33(27(35)36)15-16-2-6-20(30-14-16)24-13-21-25(40-24)23(8-9-29-21)39-22-7-5-18(12-19(22)28)32-26(34)31-17-3-4-17/h2,5-9,12-14,17H,3-4,10-11,15H2,1H3,(H,35,36)(H2,31,32,34). The fraction of sp³-hybridized carbons (Fsp3) is 0.259. The minimum absolute atomic E-state index is 0.00480. The molecule has 11 nitrogen and oxygen atoms in total. The van der Waals surface area contributed by atoms with E-state index in [1.807, 2.05) is 6.07 Å². The Hall–Kier alpha value is -4.30. The molecule has 3 aromatic heterocycles. The van der Waals surface area contributed by atoms with E-state index >= 15 is 0 Å². The summed E-state index contributed by atoms with van der Waals surface area (Å²) in [5.41, 5.74) is 2.16. The summed E-state index contributed by atoms with van der Waals surface area (Å²) in [4.78, 5) is 34.1. The van der Waals surface area contributed by atoms with Gasteiger partial charge in [-0.1, -0.05) is 6.07 Å². The number of anilines is 1. The molecule has 14 heteroatoms. The van der Waals surface area contributed by atoms with Crippen molar-refractivity contribution in [3.05, 3.63) is 66.2 Å². The van der Waals surface area contributed by atoms with Gasteiger partial charge in [0.15, 0.2) is 11.6 Å². The summed E-state index contributed by atoms with van der Waals surface area (Å²) in [6.07, 6.45) is 4.82. The first-order chi connectivity index (χ1) is 19.5. The number of carbonyl (C=O) groups excluding carboxylic acids is 1. The van der Waals surface area contributed by atoms with Gasteiger partial charge in [0.05, 0.1) is 33.1 Å². The lowest BCUT2D eigenvalue weighted by atomic mass is 10.2. The molecule has 5 rings (SSSR count). The van der Waals surface area contributed by atoms with Gasteiger partial charge in [0.2, 0.25) is 0 Å². The van der Waals surface area contributed by atoms with Gasteiger partial charge in [-0.15, -0.1) is 11.3 Å². The van der Waals surface area contributed by atoms with Crippen molar-refractivity contribution in [3.8, 4) is 22.1 Å². The van der Waals surface area contributed by atoms with E-state index in [-0.39, 0.29) is 36.7 Å². The highest BCUT2D eigenvalue weighted by Gasteiger charge is 2.23. The molecule has 1 aliphatic rings. The normalized spacial score (nSPS) is 13.1. The van der Waals surface area contributed by atoms with Crippen LogP contribution in [0.25, 0.3) is 20.8 Å². The second-order valence-corrected chi connectivity index (χ2v) is 13.0. The first-order valence-electron chi connectivity index (χ1n) is 12.6. The zero-order chi connectivity index (χ0) is 29.1. The fourth-order valence-electron chi connectivity index (χ4n) is 3.88. The molecule has 0 atom stereocenters. The quantitative estimate of drug-likeness (QED) is 0.228. The number of aromatic nitrogens is 2. The average Bonchev–Trinajstić information content (AvgIpc) is 3.61. The van der Waals surface area contributed by atoms with Crippen molar-refractivity contribution in [3.63, 3.8) is 0 Å². The Balaban J connectivity index is 1.29. The Morgan fingerprint density at radius 3 is 2.61 bits per heavy atom. The van der Waals surface area contributed by atoms with Crippen LogP contribution in [0.2, 0.25) is 0 Å². The van der Waals surface area contributed by atoms with E-state index in [4.69, 9.17) is 4.74 Å². The monoisotopic (exact) mass is 599 g/mol. The number of pyridine rings is 2. The number of sulfone groups is 1. The summed E-state index contributed by atoms with van der Waals surface area (Å²) < 4.78 is 44.2. The Labute approximate surface area is 238 Å². The summed E-state index contributed by atoms with van der Waals surface area (Å²) >= 11 is 1.35. The maximum Gasteiger partial charge on any atom is 0.407 e. The molecule has 4 aromatic rings. The van der Waals surface area contributed by atoms with E-state index in [0.29, 0.717) is 32.9 Å². The zero-order valence-electron chi connectivity index (χ0n) is 21.8. The summed E-state index contributed by atoms with van der Waals surface area (Å²) in [6.45, 7) is -0.147. The van der Waals surface area contributed by atoms with Crippen LogP contribution < -0.4 is 15.4 Å². The fourth-order valence-corrected chi connectivity index (χ4v) is 5.48. The van der Waals surface area contributed by atoms with Gasteiger partial charge in [-0.3, -0.25) is 9.97 Å². The number of carbonyl (C=O) groups is 2. The van der Waals surface area contributed by atoms with Gasteiger partial charge < -0.3 is 25.4 Å². The summed E-state index contributed by atoms with van der Waals surface area (Å²) in [7, 11) is -3.31. The molecule has 0 radical (unpaired) electrons. The smallest absolute Gasteiger partial charge is 0.407 e. The number of nitrogens with zero attached hydrogens (tertiary/aromatic N) is 3. The molecule has 1 aromatic carbocycles. The lowest BCUT2D eigenvalue weighted by molar-refractivity contribution is 0.145. The molecule has 214 valence electrons. The van der Waals surface area contributed by atoms with E-state index in [1.165, 1.54) is 29.7 Å². The van der Waals surface area contributed by atoms with E-state index in [9.17, 15) is 27.5 Å². The Bertz CT molecular complexity index is 1710. The van der Waals surface area contributed by atoms with Crippen LogP contribution in [0.5, 0.6) is 11.5 Å². The molecule has 1 saturated carbocycles. The van der Waals surface area contributed by atoms with E-state index in [1.54, 1.807) is 30.5 Å². The first-order valence-corrected chi connectivity index (χ1v) is 15.5. The number of ether oxygens (including phenoxy) is 1. The largest absolute Gasteiger partial charge is 0.465 e. The van der Waals surface area contributed by atoms with E-state index in [2.05, 4.69) is 20.6 Å². The number of carboxylic acid groups (broad SMARTS) is 1. The van der Waals surface area contributed by atoms with Gasteiger partial charge in [0.1, 0.15) is 15.6 Å². The van der Waals surface area contributed by atoms with Crippen LogP contribution in [0.15, 0.2) is 54.9 Å². The van der Waals surface area contributed by atoms with Crippen LogP contribution in [-0.2, 0) is 16.4 Å². The maximum absolute atomic E-state index is 14.8. The number of hydrogen-bond donors (Lipinski definition) is 3. The van der Waals surface area contributed by atoms with Crippen LogP contribution in [0.3, 0.4) is 0 Å².